The van der Waals surface area contributed by atoms with Gasteiger partial charge in [0.05, 0.1) is 29.2 Å². The van der Waals surface area contributed by atoms with Crippen molar-refractivity contribution in [3.05, 3.63) is 66.2 Å². The first kappa shape index (κ1) is 32.6. The van der Waals surface area contributed by atoms with Gasteiger partial charge in [-0.25, -0.2) is 14.5 Å². The molecule has 0 aliphatic rings. The van der Waals surface area contributed by atoms with Crippen molar-refractivity contribution in [3.8, 4) is 28.4 Å². The van der Waals surface area contributed by atoms with Crippen molar-refractivity contribution in [3.63, 3.8) is 0 Å². The molecule has 238 valence electrons. The first-order valence-electron chi connectivity index (χ1n) is 15.4. The smallest absolute Gasteiger partial charge is 0.335 e. The lowest BCUT2D eigenvalue weighted by Crippen LogP contribution is -2.22. The molecule has 5 rings (SSSR count). The number of benzene rings is 3. The Balaban J connectivity index is 1.61. The highest BCUT2D eigenvalue weighted by atomic mass is 28.3. The van der Waals surface area contributed by atoms with Crippen molar-refractivity contribution >= 4 is 44.1 Å². The van der Waals surface area contributed by atoms with E-state index in [-0.39, 0.29) is 12.3 Å². The van der Waals surface area contributed by atoms with Crippen LogP contribution in [0.3, 0.4) is 0 Å². The quantitative estimate of drug-likeness (QED) is 0.0964. The molecule has 0 radical (unpaired) electrons. The molecule has 0 saturated carbocycles. The summed E-state index contributed by atoms with van der Waals surface area (Å²) in [6.45, 7) is 15.8. The van der Waals surface area contributed by atoms with Gasteiger partial charge in [0.15, 0.2) is 5.82 Å². The van der Waals surface area contributed by atoms with Crippen LogP contribution in [0.5, 0.6) is 5.75 Å². The molecule has 0 amide bonds. The molecule has 11 heteroatoms. The average Bonchev–Trinajstić information content (AvgIpc) is 3.53. The fraction of sp³-hybridized carbons (Fsp3) is 0.382. The highest BCUT2D eigenvalue weighted by molar-refractivity contribution is 6.76. The van der Waals surface area contributed by atoms with Crippen molar-refractivity contribution in [2.75, 3.05) is 20.3 Å². The second-order valence-corrected chi connectivity index (χ2v) is 25.1. The zero-order valence-corrected chi connectivity index (χ0v) is 29.4. The van der Waals surface area contributed by atoms with Crippen molar-refractivity contribution in [1.29, 1.82) is 0 Å². The Labute approximate surface area is 266 Å². The third kappa shape index (κ3) is 7.90. The highest BCUT2D eigenvalue weighted by Gasteiger charge is 2.22. The molecule has 9 nitrogen and oxygen atoms in total. The van der Waals surface area contributed by atoms with Crippen LogP contribution in [0.2, 0.25) is 51.4 Å². The minimum Gasteiger partial charge on any atom is -0.497 e. The van der Waals surface area contributed by atoms with E-state index in [9.17, 15) is 9.90 Å². The second kappa shape index (κ2) is 13.3. The van der Waals surface area contributed by atoms with Crippen LogP contribution < -0.4 is 4.74 Å². The summed E-state index contributed by atoms with van der Waals surface area (Å²) in [5.74, 6) is 0.434. The number of aromatic carboxylic acids is 1. The van der Waals surface area contributed by atoms with E-state index in [0.717, 1.165) is 45.5 Å². The predicted molar refractivity (Wildman–Crippen MR) is 186 cm³/mol. The Morgan fingerprint density at radius 3 is 2.07 bits per heavy atom. The van der Waals surface area contributed by atoms with Gasteiger partial charge >= 0.3 is 5.97 Å². The minimum absolute atomic E-state index is 0.193. The maximum atomic E-state index is 12.0. The molecular weight excluding hydrogens is 601 g/mol. The number of imidazole rings is 1. The molecule has 0 aliphatic heterocycles. The van der Waals surface area contributed by atoms with E-state index in [2.05, 4.69) is 56.0 Å². The molecule has 2 heterocycles. The zero-order valence-electron chi connectivity index (χ0n) is 27.4. The number of carboxylic acid groups (broad SMARTS) is 1. The van der Waals surface area contributed by atoms with Crippen LogP contribution in [0, 0.1) is 0 Å². The van der Waals surface area contributed by atoms with Crippen LogP contribution >= 0.6 is 0 Å². The molecule has 0 saturated heterocycles. The summed E-state index contributed by atoms with van der Waals surface area (Å²) in [5.41, 5.74) is 5.40. The summed E-state index contributed by atoms with van der Waals surface area (Å²) in [6.07, 6.45) is 0. The number of carbonyl (C=O) groups is 1. The van der Waals surface area contributed by atoms with E-state index in [1.54, 1.807) is 30.0 Å². The molecule has 2 aromatic heterocycles. The average molecular weight is 645 g/mol. The Kier molecular flexibility index (Phi) is 9.64. The topological polar surface area (TPSA) is 101 Å². The molecule has 0 aliphatic carbocycles. The first-order chi connectivity index (χ1) is 21.3. The fourth-order valence-electron chi connectivity index (χ4n) is 5.04. The number of methoxy groups -OCH3 is 1. The van der Waals surface area contributed by atoms with Crippen molar-refractivity contribution in [2.24, 2.45) is 0 Å². The van der Waals surface area contributed by atoms with Gasteiger partial charge in [-0.2, -0.15) is 5.10 Å². The van der Waals surface area contributed by atoms with E-state index in [4.69, 9.17) is 24.3 Å². The summed E-state index contributed by atoms with van der Waals surface area (Å²) < 4.78 is 21.6. The third-order valence-electron chi connectivity index (χ3n) is 7.81. The number of hydrogen-bond acceptors (Lipinski definition) is 6. The Bertz CT molecular complexity index is 1800. The largest absolute Gasteiger partial charge is 0.497 e. The highest BCUT2D eigenvalue weighted by Crippen LogP contribution is 2.33. The molecule has 1 N–H and O–H groups in total. The van der Waals surface area contributed by atoms with Crippen LogP contribution in [0.25, 0.3) is 44.6 Å². The molecule has 0 spiro atoms. The van der Waals surface area contributed by atoms with Gasteiger partial charge in [0.1, 0.15) is 24.9 Å². The number of rotatable bonds is 14. The predicted octanol–water partition coefficient (Wildman–Crippen LogP) is 8.05. The van der Waals surface area contributed by atoms with Gasteiger partial charge in [-0.1, -0.05) is 57.5 Å². The Morgan fingerprint density at radius 1 is 0.800 bits per heavy atom. The normalized spacial score (nSPS) is 12.3. The molecule has 0 atom stereocenters. The second-order valence-electron chi connectivity index (χ2n) is 13.9. The van der Waals surface area contributed by atoms with Crippen LogP contribution in [0.1, 0.15) is 10.4 Å². The third-order valence-corrected chi connectivity index (χ3v) is 11.2. The van der Waals surface area contributed by atoms with Crippen molar-refractivity contribution in [1.82, 2.24) is 19.3 Å². The number of aromatic nitrogens is 4. The minimum atomic E-state index is -1.29. The van der Waals surface area contributed by atoms with Gasteiger partial charge in [0.2, 0.25) is 0 Å². The molecule has 0 fully saturated rings. The van der Waals surface area contributed by atoms with E-state index < -0.39 is 22.1 Å². The van der Waals surface area contributed by atoms with Gasteiger partial charge < -0.3 is 19.3 Å². The SMILES string of the molecule is COc1ccc(-c2ccc3nc(-c4nn(COCC[Si](C)(C)C)c5ccc(C(=O)O)cc45)n(COCC[Si](C)(C)C)c3c2)cc1. The Hall–Kier alpha value is -3.78. The first-order valence-corrected chi connectivity index (χ1v) is 22.8. The van der Waals surface area contributed by atoms with Crippen LogP contribution in [0.4, 0.5) is 0 Å². The monoisotopic (exact) mass is 644 g/mol. The zero-order chi connectivity index (χ0) is 32.4. The lowest BCUT2D eigenvalue weighted by Gasteiger charge is -2.16. The van der Waals surface area contributed by atoms with Crippen LogP contribution in [-0.2, 0) is 22.9 Å². The molecule has 5 aromatic rings. The Morgan fingerprint density at radius 2 is 1.44 bits per heavy atom. The lowest BCUT2D eigenvalue weighted by molar-refractivity contribution is 0.0697. The van der Waals surface area contributed by atoms with E-state index in [0.29, 0.717) is 36.8 Å². The number of ether oxygens (including phenoxy) is 3. The fourth-order valence-corrected chi connectivity index (χ4v) is 6.55. The van der Waals surface area contributed by atoms with Gasteiger partial charge in [-0.3, -0.25) is 4.57 Å². The van der Waals surface area contributed by atoms with Gasteiger partial charge in [0.25, 0.3) is 0 Å². The molecule has 45 heavy (non-hydrogen) atoms. The van der Waals surface area contributed by atoms with E-state index >= 15 is 0 Å². The van der Waals surface area contributed by atoms with Gasteiger partial charge in [-0.05, 0) is 65.7 Å². The van der Waals surface area contributed by atoms with Gasteiger partial charge in [-0.15, -0.1) is 0 Å². The van der Waals surface area contributed by atoms with E-state index in [1.807, 2.05) is 30.3 Å². The standard InChI is InChI=1S/C34H44N4O5Si2/c1-41-27-12-8-24(9-13-27)25-10-14-29-31(21-25)37(22-42-16-18-44(2,3)4)33(35-29)32-28-20-26(34(39)40)11-15-30(28)38(36-32)23-43-17-19-45(5,6)7/h8-15,20-21H,16-19,22-23H2,1-7H3,(H,39,40). The number of nitrogens with zero attached hydrogens (tertiary/aromatic N) is 4. The summed E-state index contributed by atoms with van der Waals surface area (Å²) >= 11 is 0. The number of fused-ring (bicyclic) bond motifs is 2. The number of carboxylic acids is 1. The van der Waals surface area contributed by atoms with Crippen molar-refractivity contribution < 1.29 is 24.1 Å². The summed E-state index contributed by atoms with van der Waals surface area (Å²) in [5, 5.41) is 15.5. The molecule has 3 aromatic carbocycles. The van der Waals surface area contributed by atoms with Gasteiger partial charge in [0, 0.05) is 34.7 Å². The summed E-state index contributed by atoms with van der Waals surface area (Å²) in [7, 11) is -0.889. The van der Waals surface area contributed by atoms with E-state index in [1.165, 1.54) is 0 Å². The molecule has 0 unspecified atom stereocenters. The van der Waals surface area contributed by atoms with Crippen molar-refractivity contribution in [2.45, 2.75) is 64.8 Å². The van der Waals surface area contributed by atoms with Crippen LogP contribution in [-0.4, -0.2) is 66.9 Å². The maximum Gasteiger partial charge on any atom is 0.335 e. The maximum absolute atomic E-state index is 12.0. The lowest BCUT2D eigenvalue weighted by atomic mass is 10.1. The number of hydrogen-bond donors (Lipinski definition) is 1. The van der Waals surface area contributed by atoms with Crippen LogP contribution in [0.15, 0.2) is 60.7 Å². The summed E-state index contributed by atoms with van der Waals surface area (Å²) in [4.78, 5) is 17.0. The molecular formula is C34H44N4O5Si2. The molecule has 0 bridgehead atoms. The summed E-state index contributed by atoms with van der Waals surface area (Å²) in [6, 6.07) is 21.3.